The van der Waals surface area contributed by atoms with Gasteiger partial charge in [-0.25, -0.2) is 0 Å². The van der Waals surface area contributed by atoms with Gasteiger partial charge < -0.3 is 0 Å². The van der Waals surface area contributed by atoms with Crippen molar-refractivity contribution in [2.24, 2.45) is 0 Å². The van der Waals surface area contributed by atoms with E-state index in [1.54, 1.807) is 22.3 Å². The van der Waals surface area contributed by atoms with Crippen molar-refractivity contribution in [3.05, 3.63) is 56.6 Å². The molecule has 60 heavy (non-hydrogen) atoms. The van der Waals surface area contributed by atoms with Crippen LogP contribution in [-0.2, 0) is 43.3 Å². The SMILES string of the molecule is CCCC1(CCC)CC(C)(C)c2cc3c([c](/[Ge]([Br])=[Ge](\[Br])[c]4c5c(cc6c4C(CCC)(CCC)CC6(C)C)C(C)(C)CC5(CCC)CCC)c21)C(CCC)(CCC)CC3(C)C. The van der Waals surface area contributed by atoms with Gasteiger partial charge in [-0.2, -0.15) is 0 Å². The summed E-state index contributed by atoms with van der Waals surface area (Å²) < 4.78 is 3.98. The number of halogens is 2. The standard InChI is InChI=1S/C56H90Br2Ge2/c1-17-25-53(26-18-2)35-49(9,10)39-33-40-44(54(27-19-3,28-20-4)36-50(40,11)12)47(43(39)53)59(57)60(58)48-45-41(51(13,14)37-55(45,29-21-5)30-22-6)34-42-46(48)56(31-23-7,32-24-8)38-52(42,15)16/h33-34H,17-32,35-38H2,1-16H3/b60-59+. The molecular weight excluding hydrogens is 978 g/mol. The second kappa shape index (κ2) is 17.9. The molecule has 6 rings (SSSR count). The maximum absolute atomic E-state index is 5.18. The average molecular weight is 1070 g/mol. The normalized spacial score (nSPS) is 23.0. The van der Waals surface area contributed by atoms with Crippen LogP contribution in [0.25, 0.3) is 0 Å². The van der Waals surface area contributed by atoms with E-state index in [-0.39, 0.29) is 43.3 Å². The van der Waals surface area contributed by atoms with E-state index in [0.717, 1.165) is 0 Å². The van der Waals surface area contributed by atoms with Gasteiger partial charge in [0.15, 0.2) is 0 Å². The third-order valence-electron chi connectivity index (χ3n) is 17.3. The fourth-order valence-electron chi connectivity index (χ4n) is 16.5. The molecule has 0 saturated heterocycles. The van der Waals surface area contributed by atoms with Crippen molar-refractivity contribution in [1.82, 2.24) is 0 Å². The summed E-state index contributed by atoms with van der Waals surface area (Å²) in [5.41, 5.74) is 16.6. The van der Waals surface area contributed by atoms with Crippen molar-refractivity contribution >= 4 is 56.8 Å². The van der Waals surface area contributed by atoms with E-state index < -0.39 is 20.0 Å². The molecule has 0 N–H and O–H groups in total. The van der Waals surface area contributed by atoms with Crippen LogP contribution >= 0.6 is 28.0 Å². The van der Waals surface area contributed by atoms with Crippen molar-refractivity contribution < 1.29 is 0 Å². The summed E-state index contributed by atoms with van der Waals surface area (Å²) in [4.78, 5) is 0. The van der Waals surface area contributed by atoms with Gasteiger partial charge in [0.1, 0.15) is 0 Å². The molecule has 2 aromatic rings. The maximum atomic E-state index is 5.18. The van der Waals surface area contributed by atoms with Crippen LogP contribution in [0.2, 0.25) is 0 Å². The van der Waals surface area contributed by atoms with E-state index >= 15 is 0 Å². The van der Waals surface area contributed by atoms with Crippen molar-refractivity contribution in [1.29, 1.82) is 0 Å². The molecule has 4 aliphatic carbocycles. The van der Waals surface area contributed by atoms with Crippen LogP contribution in [0, 0.1) is 0 Å². The molecule has 4 aliphatic rings. The molecule has 2 aromatic carbocycles. The van der Waals surface area contributed by atoms with Gasteiger partial charge in [-0.1, -0.05) is 0 Å². The number of hydrogen-bond donors (Lipinski definition) is 0. The molecule has 0 bridgehead atoms. The van der Waals surface area contributed by atoms with Gasteiger partial charge in [-0.05, 0) is 0 Å². The quantitative estimate of drug-likeness (QED) is 0.131. The first-order chi connectivity index (χ1) is 28.1. The van der Waals surface area contributed by atoms with E-state index in [1.165, 1.54) is 128 Å². The van der Waals surface area contributed by atoms with E-state index in [9.17, 15) is 0 Å². The third kappa shape index (κ3) is 7.89. The zero-order valence-corrected chi connectivity index (χ0v) is 49.4. The molecule has 336 valence electrons. The molecule has 0 amide bonds. The molecule has 4 heteroatoms. The summed E-state index contributed by atoms with van der Waals surface area (Å²) in [6.45, 7) is 41.1. The first-order valence-electron chi connectivity index (χ1n) is 25.6. The van der Waals surface area contributed by atoms with Gasteiger partial charge in [0, 0.05) is 0 Å². The predicted molar refractivity (Wildman–Crippen MR) is 278 cm³/mol. The molecule has 0 saturated carbocycles. The molecule has 0 spiro atoms. The van der Waals surface area contributed by atoms with Crippen molar-refractivity contribution in [3.63, 3.8) is 0 Å². The van der Waals surface area contributed by atoms with Crippen molar-refractivity contribution in [2.45, 2.75) is 283 Å². The molecule has 0 radical (unpaired) electrons. The molecule has 0 aromatic heterocycles. The molecule has 0 nitrogen and oxygen atoms in total. The summed E-state index contributed by atoms with van der Waals surface area (Å²) in [5.74, 6) is 0. The minimum atomic E-state index is -2.24. The Morgan fingerprint density at radius 2 is 0.517 bits per heavy atom. The topological polar surface area (TPSA) is 0 Å². The van der Waals surface area contributed by atoms with E-state index in [0.29, 0.717) is 0 Å². The van der Waals surface area contributed by atoms with Crippen LogP contribution in [0.3, 0.4) is 0 Å². The fourth-order valence-corrected chi connectivity index (χ4v) is 47.7. The Hall–Kier alpha value is 0.486. The van der Waals surface area contributed by atoms with Gasteiger partial charge >= 0.3 is 396 Å². The second-order valence-corrected chi connectivity index (χ2v) is 64.0. The predicted octanol–water partition coefficient (Wildman–Crippen LogP) is 16.7. The minimum absolute atomic E-state index is 0.191. The first-order valence-corrected chi connectivity index (χ1v) is 44.0. The Bertz CT molecular complexity index is 1670. The van der Waals surface area contributed by atoms with E-state index in [1.807, 2.05) is 31.0 Å². The van der Waals surface area contributed by atoms with Crippen LogP contribution in [-0.4, -0.2) is 20.0 Å². The molecule has 0 fully saturated rings. The van der Waals surface area contributed by atoms with Crippen LogP contribution < -0.4 is 8.79 Å². The van der Waals surface area contributed by atoms with Gasteiger partial charge in [-0.15, -0.1) is 0 Å². The number of rotatable bonds is 18. The first kappa shape index (κ1) is 49.9. The Morgan fingerprint density at radius 3 is 0.667 bits per heavy atom. The Morgan fingerprint density at radius 1 is 0.350 bits per heavy atom. The molecule has 0 unspecified atom stereocenters. The summed E-state index contributed by atoms with van der Waals surface area (Å²) in [6, 6.07) is 5.76. The summed E-state index contributed by atoms with van der Waals surface area (Å²) >= 11 is 10.4. The van der Waals surface area contributed by atoms with Crippen LogP contribution in [0.5, 0.6) is 0 Å². The monoisotopic (exact) mass is 1070 g/mol. The number of benzene rings is 2. The van der Waals surface area contributed by atoms with Crippen molar-refractivity contribution in [3.8, 4) is 0 Å². The number of fused-ring (bicyclic) bond motifs is 4. The summed E-state index contributed by atoms with van der Waals surface area (Å²) in [7, 11) is -4.47. The van der Waals surface area contributed by atoms with Gasteiger partial charge in [0.25, 0.3) is 0 Å². The summed E-state index contributed by atoms with van der Waals surface area (Å²) in [5, 5.41) is 0. The third-order valence-corrected chi connectivity index (χ3v) is 71.6. The van der Waals surface area contributed by atoms with Crippen molar-refractivity contribution in [2.75, 3.05) is 0 Å². The molecular formula is C56H90Br2Ge2. The van der Waals surface area contributed by atoms with Crippen LogP contribution in [0.15, 0.2) is 12.1 Å². The Labute approximate surface area is 392 Å². The second-order valence-electron chi connectivity index (χ2n) is 24.2. The van der Waals surface area contributed by atoms with Gasteiger partial charge in [-0.3, -0.25) is 0 Å². The number of hydrogen-bond acceptors (Lipinski definition) is 0. The fraction of sp³-hybridized carbons (Fsp3) is 0.786. The van der Waals surface area contributed by atoms with Gasteiger partial charge in [0.2, 0.25) is 0 Å². The molecule has 0 atom stereocenters. The van der Waals surface area contributed by atoms with E-state index in [4.69, 9.17) is 28.0 Å². The zero-order chi connectivity index (χ0) is 44.5. The summed E-state index contributed by atoms with van der Waals surface area (Å²) in [6.07, 6.45) is 26.2. The Balaban J connectivity index is 1.92. The van der Waals surface area contributed by atoms with Gasteiger partial charge in [0.05, 0.1) is 0 Å². The Kier molecular flexibility index (Phi) is 14.9. The van der Waals surface area contributed by atoms with E-state index in [2.05, 4.69) is 123 Å². The van der Waals surface area contributed by atoms with Crippen LogP contribution in [0.4, 0.5) is 0 Å². The van der Waals surface area contributed by atoms with Crippen LogP contribution in [0.1, 0.15) is 284 Å². The molecule has 0 aliphatic heterocycles. The molecule has 0 heterocycles. The average Bonchev–Trinajstić information content (AvgIpc) is 3.70. The zero-order valence-electron chi connectivity index (χ0n) is 42.1.